The maximum absolute atomic E-state index is 12.7. The Morgan fingerprint density at radius 3 is 2.87 bits per heavy atom. The Balaban J connectivity index is 1.38. The first-order chi connectivity index (χ1) is 15.1. The van der Waals surface area contributed by atoms with Crippen LogP contribution in [-0.2, 0) is 27.3 Å². The minimum atomic E-state index is -0.388. The molecule has 9 heteroatoms. The average Bonchev–Trinajstić information content (AvgIpc) is 3.46. The second-order valence-corrected chi connectivity index (χ2v) is 8.42. The van der Waals surface area contributed by atoms with Gasteiger partial charge in [-0.3, -0.25) is 14.9 Å². The van der Waals surface area contributed by atoms with Gasteiger partial charge in [0, 0.05) is 30.5 Å². The molecule has 3 heterocycles. The number of fused-ring (bicyclic) bond motifs is 1. The molecule has 1 unspecified atom stereocenters. The van der Waals surface area contributed by atoms with E-state index in [0.29, 0.717) is 42.7 Å². The van der Waals surface area contributed by atoms with Gasteiger partial charge in [0.15, 0.2) is 16.6 Å². The molecule has 0 spiro atoms. The summed E-state index contributed by atoms with van der Waals surface area (Å²) in [6.45, 7) is 1.70. The zero-order valence-corrected chi connectivity index (χ0v) is 18.4. The van der Waals surface area contributed by atoms with Crippen LogP contribution in [0.25, 0.3) is 6.08 Å². The Hall–Kier alpha value is -2.91. The van der Waals surface area contributed by atoms with E-state index in [0.717, 1.165) is 29.0 Å². The smallest absolute Gasteiger partial charge is 0.255 e. The molecule has 1 N–H and O–H groups in total. The van der Waals surface area contributed by atoms with Gasteiger partial charge in [-0.1, -0.05) is 17.4 Å². The highest BCUT2D eigenvalue weighted by Gasteiger charge is 2.27. The van der Waals surface area contributed by atoms with Crippen LogP contribution in [-0.4, -0.2) is 55.2 Å². The molecule has 1 aromatic heterocycles. The molecule has 0 saturated carbocycles. The molecule has 1 saturated heterocycles. The van der Waals surface area contributed by atoms with E-state index in [9.17, 15) is 9.59 Å². The van der Waals surface area contributed by atoms with E-state index in [-0.39, 0.29) is 17.9 Å². The summed E-state index contributed by atoms with van der Waals surface area (Å²) in [5.41, 5.74) is 1.79. The van der Waals surface area contributed by atoms with Crippen molar-refractivity contribution in [3.63, 3.8) is 0 Å². The molecule has 2 amide bonds. The number of aromatic nitrogens is 1. The number of amides is 2. The summed E-state index contributed by atoms with van der Waals surface area (Å²) in [6.07, 6.45) is 5.25. The maximum Gasteiger partial charge on any atom is 0.255 e. The van der Waals surface area contributed by atoms with Gasteiger partial charge >= 0.3 is 0 Å². The van der Waals surface area contributed by atoms with Crippen molar-refractivity contribution in [3.05, 3.63) is 40.4 Å². The van der Waals surface area contributed by atoms with Crippen molar-refractivity contribution >= 4 is 34.4 Å². The van der Waals surface area contributed by atoms with E-state index in [1.54, 1.807) is 37.3 Å². The van der Waals surface area contributed by atoms with Gasteiger partial charge in [0.25, 0.3) is 5.91 Å². The number of methoxy groups -OCH3 is 2. The maximum atomic E-state index is 12.7. The summed E-state index contributed by atoms with van der Waals surface area (Å²) in [5.74, 6) is 1.04. The van der Waals surface area contributed by atoms with Gasteiger partial charge in [-0.25, -0.2) is 4.98 Å². The van der Waals surface area contributed by atoms with E-state index in [1.807, 2.05) is 12.1 Å². The SMILES string of the molecule is COc1ccc(/C=C/C(=O)N2CCc3nc(NC(=O)C4CCCO4)sc3C2)cc1OC. The van der Waals surface area contributed by atoms with Gasteiger partial charge in [-0.15, -0.1) is 0 Å². The number of hydrogen-bond donors (Lipinski definition) is 1. The highest BCUT2D eigenvalue weighted by molar-refractivity contribution is 7.15. The van der Waals surface area contributed by atoms with Gasteiger partial charge in [0.05, 0.1) is 26.5 Å². The Kier molecular flexibility index (Phi) is 6.53. The summed E-state index contributed by atoms with van der Waals surface area (Å²) in [5, 5.41) is 3.43. The third kappa shape index (κ3) is 4.88. The minimum Gasteiger partial charge on any atom is -0.493 e. The molecule has 164 valence electrons. The van der Waals surface area contributed by atoms with Crippen LogP contribution >= 0.6 is 11.3 Å². The van der Waals surface area contributed by atoms with Crippen LogP contribution in [0, 0.1) is 0 Å². The second kappa shape index (κ2) is 9.49. The number of rotatable bonds is 6. The van der Waals surface area contributed by atoms with Crippen LogP contribution in [0.3, 0.4) is 0 Å². The topological polar surface area (TPSA) is 90.0 Å². The van der Waals surface area contributed by atoms with Gasteiger partial charge in [0.2, 0.25) is 5.91 Å². The van der Waals surface area contributed by atoms with Crippen molar-refractivity contribution in [3.8, 4) is 11.5 Å². The average molecular weight is 444 g/mol. The first-order valence-corrected chi connectivity index (χ1v) is 11.0. The van der Waals surface area contributed by atoms with Crippen molar-refractivity contribution in [2.24, 2.45) is 0 Å². The zero-order valence-electron chi connectivity index (χ0n) is 17.6. The lowest BCUT2D eigenvalue weighted by molar-refractivity contribution is -0.127. The number of anilines is 1. The number of hydrogen-bond acceptors (Lipinski definition) is 7. The van der Waals surface area contributed by atoms with Gasteiger partial charge in [-0.05, 0) is 36.6 Å². The van der Waals surface area contributed by atoms with Gasteiger partial charge < -0.3 is 19.1 Å². The molecule has 2 aromatic rings. The lowest BCUT2D eigenvalue weighted by Gasteiger charge is -2.24. The molecule has 1 aromatic carbocycles. The number of carbonyl (C=O) groups excluding carboxylic acids is 2. The predicted molar refractivity (Wildman–Crippen MR) is 117 cm³/mol. The predicted octanol–water partition coefficient (Wildman–Crippen LogP) is 2.88. The lowest BCUT2D eigenvalue weighted by Crippen LogP contribution is -2.34. The first kappa shape index (κ1) is 21.3. The molecule has 31 heavy (non-hydrogen) atoms. The summed E-state index contributed by atoms with van der Waals surface area (Å²) < 4.78 is 16.0. The highest BCUT2D eigenvalue weighted by Crippen LogP contribution is 2.30. The summed E-state index contributed by atoms with van der Waals surface area (Å²) in [4.78, 5) is 32.3. The van der Waals surface area contributed by atoms with E-state index in [1.165, 1.54) is 11.3 Å². The Morgan fingerprint density at radius 2 is 2.13 bits per heavy atom. The van der Waals surface area contributed by atoms with Crippen molar-refractivity contribution in [1.29, 1.82) is 0 Å². The molecule has 1 fully saturated rings. The normalized spacial score (nSPS) is 18.1. The number of nitrogens with one attached hydrogen (secondary N) is 1. The number of benzene rings is 1. The van der Waals surface area contributed by atoms with E-state index < -0.39 is 0 Å². The number of nitrogens with zero attached hydrogens (tertiary/aromatic N) is 2. The Labute approximate surface area is 184 Å². The minimum absolute atomic E-state index is 0.0706. The third-order valence-electron chi connectivity index (χ3n) is 5.32. The van der Waals surface area contributed by atoms with Crippen molar-refractivity contribution < 1.29 is 23.8 Å². The summed E-state index contributed by atoms with van der Waals surface area (Å²) in [7, 11) is 3.16. The van der Waals surface area contributed by atoms with Crippen molar-refractivity contribution in [1.82, 2.24) is 9.88 Å². The molecule has 0 radical (unpaired) electrons. The Bertz CT molecular complexity index is 997. The van der Waals surface area contributed by atoms with Crippen molar-refractivity contribution in [2.45, 2.75) is 31.9 Å². The monoisotopic (exact) mass is 443 g/mol. The standard InChI is InChI=1S/C22H25N3O5S/c1-28-16-7-5-14(12-18(16)29-2)6-8-20(26)25-10-9-15-19(13-25)31-22(23-15)24-21(27)17-4-3-11-30-17/h5-8,12,17H,3-4,9-11,13H2,1-2H3,(H,23,24,27)/b8-6+. The fourth-order valence-electron chi connectivity index (χ4n) is 3.64. The molecular formula is C22H25N3O5S. The number of carbonyl (C=O) groups is 2. The van der Waals surface area contributed by atoms with Crippen LogP contribution in [0.2, 0.25) is 0 Å². The molecule has 1 atom stereocenters. The fraction of sp³-hybridized carbons (Fsp3) is 0.409. The molecule has 2 aliphatic heterocycles. The van der Waals surface area contributed by atoms with Crippen LogP contribution in [0.1, 0.15) is 29.0 Å². The van der Waals surface area contributed by atoms with E-state index in [2.05, 4.69) is 10.3 Å². The second-order valence-electron chi connectivity index (χ2n) is 7.34. The largest absolute Gasteiger partial charge is 0.493 e. The molecule has 4 rings (SSSR count). The van der Waals surface area contributed by atoms with E-state index >= 15 is 0 Å². The number of thiazole rings is 1. The van der Waals surface area contributed by atoms with Gasteiger partial charge in [-0.2, -0.15) is 0 Å². The van der Waals surface area contributed by atoms with E-state index in [4.69, 9.17) is 14.2 Å². The van der Waals surface area contributed by atoms with Crippen LogP contribution in [0.15, 0.2) is 24.3 Å². The third-order valence-corrected chi connectivity index (χ3v) is 6.32. The molecule has 0 aliphatic carbocycles. The van der Waals surface area contributed by atoms with Gasteiger partial charge in [0.1, 0.15) is 6.10 Å². The first-order valence-electron chi connectivity index (χ1n) is 10.2. The highest BCUT2D eigenvalue weighted by atomic mass is 32.1. The van der Waals surface area contributed by atoms with Crippen LogP contribution < -0.4 is 14.8 Å². The summed E-state index contributed by atoms with van der Waals surface area (Å²) in [6, 6.07) is 5.49. The molecule has 8 nitrogen and oxygen atoms in total. The summed E-state index contributed by atoms with van der Waals surface area (Å²) >= 11 is 1.42. The fourth-order valence-corrected chi connectivity index (χ4v) is 4.66. The number of ether oxygens (including phenoxy) is 3. The molecule has 0 bridgehead atoms. The lowest BCUT2D eigenvalue weighted by atomic mass is 10.1. The van der Waals surface area contributed by atoms with Crippen LogP contribution in [0.4, 0.5) is 5.13 Å². The van der Waals surface area contributed by atoms with Crippen LogP contribution in [0.5, 0.6) is 11.5 Å². The molecular weight excluding hydrogens is 418 g/mol. The molecule has 2 aliphatic rings. The quantitative estimate of drug-likeness (QED) is 0.691. The zero-order chi connectivity index (χ0) is 21.8. The Morgan fingerprint density at radius 1 is 1.29 bits per heavy atom. The van der Waals surface area contributed by atoms with Crippen molar-refractivity contribution in [2.75, 3.05) is 32.7 Å².